The SMILES string of the molecule is CC(C)c1nc(N)nc(N)c1C#CC(C)(C)c1ccc(C(F)(F)F)cc1. The molecule has 2 rings (SSSR count). The van der Waals surface area contributed by atoms with Crippen molar-refractivity contribution in [3.63, 3.8) is 0 Å². The predicted molar refractivity (Wildman–Crippen MR) is 96.3 cm³/mol. The van der Waals surface area contributed by atoms with Gasteiger partial charge in [-0.3, -0.25) is 0 Å². The van der Waals surface area contributed by atoms with Gasteiger partial charge in [0.05, 0.1) is 22.2 Å². The minimum atomic E-state index is -4.36. The van der Waals surface area contributed by atoms with Crippen molar-refractivity contribution in [2.75, 3.05) is 11.5 Å². The number of anilines is 2. The molecule has 7 heteroatoms. The average molecular weight is 362 g/mol. The van der Waals surface area contributed by atoms with Gasteiger partial charge in [0.25, 0.3) is 0 Å². The van der Waals surface area contributed by atoms with Gasteiger partial charge in [-0.25, -0.2) is 4.98 Å². The first-order valence-electron chi connectivity index (χ1n) is 8.05. The quantitative estimate of drug-likeness (QED) is 0.788. The number of hydrogen-bond donors (Lipinski definition) is 2. The molecule has 0 aliphatic rings. The number of nitrogens with zero attached hydrogens (tertiary/aromatic N) is 2. The molecule has 0 fully saturated rings. The maximum atomic E-state index is 12.7. The van der Waals surface area contributed by atoms with Crippen LogP contribution in [-0.4, -0.2) is 9.97 Å². The van der Waals surface area contributed by atoms with Crippen LogP contribution in [0.3, 0.4) is 0 Å². The van der Waals surface area contributed by atoms with Gasteiger partial charge in [0.1, 0.15) is 5.82 Å². The fourth-order valence-electron chi connectivity index (χ4n) is 2.43. The van der Waals surface area contributed by atoms with E-state index < -0.39 is 17.2 Å². The molecule has 0 aliphatic carbocycles. The van der Waals surface area contributed by atoms with Gasteiger partial charge in [0.15, 0.2) is 0 Å². The summed E-state index contributed by atoms with van der Waals surface area (Å²) in [5.41, 5.74) is 12.0. The molecule has 0 aliphatic heterocycles. The normalized spacial score (nSPS) is 12.0. The number of alkyl halides is 3. The molecule has 0 unspecified atom stereocenters. The molecule has 0 saturated heterocycles. The molecule has 0 saturated carbocycles. The molecule has 0 spiro atoms. The summed E-state index contributed by atoms with van der Waals surface area (Å²) in [6.07, 6.45) is -4.36. The lowest BCUT2D eigenvalue weighted by Crippen LogP contribution is -2.15. The van der Waals surface area contributed by atoms with Crippen LogP contribution in [0.5, 0.6) is 0 Å². The highest BCUT2D eigenvalue weighted by Gasteiger charge is 2.30. The summed E-state index contributed by atoms with van der Waals surface area (Å²) in [5, 5.41) is 0. The fraction of sp³-hybridized carbons (Fsp3) is 0.368. The Morgan fingerprint density at radius 1 is 0.962 bits per heavy atom. The van der Waals surface area contributed by atoms with Crippen molar-refractivity contribution < 1.29 is 13.2 Å². The molecule has 26 heavy (non-hydrogen) atoms. The van der Waals surface area contributed by atoms with E-state index in [1.165, 1.54) is 12.1 Å². The van der Waals surface area contributed by atoms with Crippen LogP contribution in [0.1, 0.15) is 56.0 Å². The topological polar surface area (TPSA) is 77.8 Å². The van der Waals surface area contributed by atoms with Crippen LogP contribution in [0.2, 0.25) is 0 Å². The molecule has 0 radical (unpaired) electrons. The lowest BCUT2D eigenvalue weighted by molar-refractivity contribution is -0.137. The highest BCUT2D eigenvalue weighted by Crippen LogP contribution is 2.31. The van der Waals surface area contributed by atoms with Crippen molar-refractivity contribution in [1.82, 2.24) is 9.97 Å². The van der Waals surface area contributed by atoms with Crippen LogP contribution in [0.15, 0.2) is 24.3 Å². The molecule has 4 N–H and O–H groups in total. The number of aromatic nitrogens is 2. The van der Waals surface area contributed by atoms with E-state index in [2.05, 4.69) is 21.8 Å². The zero-order valence-electron chi connectivity index (χ0n) is 15.1. The third-order valence-electron chi connectivity index (χ3n) is 3.96. The van der Waals surface area contributed by atoms with Crippen LogP contribution in [-0.2, 0) is 11.6 Å². The lowest BCUT2D eigenvalue weighted by Gasteiger charge is -2.19. The summed E-state index contributed by atoms with van der Waals surface area (Å²) in [5.74, 6) is 6.39. The predicted octanol–water partition coefficient (Wildman–Crippen LogP) is 4.11. The number of halogens is 3. The van der Waals surface area contributed by atoms with Crippen molar-refractivity contribution >= 4 is 11.8 Å². The van der Waals surface area contributed by atoms with E-state index in [1.54, 1.807) is 0 Å². The minimum Gasteiger partial charge on any atom is -0.382 e. The molecule has 138 valence electrons. The maximum Gasteiger partial charge on any atom is 0.416 e. The highest BCUT2D eigenvalue weighted by molar-refractivity contribution is 5.57. The zero-order valence-corrected chi connectivity index (χ0v) is 15.1. The third-order valence-corrected chi connectivity index (χ3v) is 3.96. The monoisotopic (exact) mass is 362 g/mol. The number of nitrogens with two attached hydrogens (primary N) is 2. The Labute approximate surface area is 150 Å². The van der Waals surface area contributed by atoms with Gasteiger partial charge in [0.2, 0.25) is 5.95 Å². The van der Waals surface area contributed by atoms with E-state index in [0.29, 0.717) is 16.8 Å². The van der Waals surface area contributed by atoms with Gasteiger partial charge in [0, 0.05) is 0 Å². The smallest absolute Gasteiger partial charge is 0.382 e. The van der Waals surface area contributed by atoms with E-state index in [1.807, 2.05) is 27.7 Å². The molecular weight excluding hydrogens is 341 g/mol. The van der Waals surface area contributed by atoms with E-state index >= 15 is 0 Å². The summed E-state index contributed by atoms with van der Waals surface area (Å²) in [4.78, 5) is 8.15. The second-order valence-electron chi connectivity index (χ2n) is 6.83. The Balaban J connectivity index is 2.43. The van der Waals surface area contributed by atoms with Crippen molar-refractivity contribution in [3.8, 4) is 11.8 Å². The van der Waals surface area contributed by atoms with Crippen LogP contribution < -0.4 is 11.5 Å². The Morgan fingerprint density at radius 3 is 2.00 bits per heavy atom. The summed E-state index contributed by atoms with van der Waals surface area (Å²) in [7, 11) is 0. The summed E-state index contributed by atoms with van der Waals surface area (Å²) >= 11 is 0. The van der Waals surface area contributed by atoms with Gasteiger partial charge in [-0.05, 0) is 37.5 Å². The van der Waals surface area contributed by atoms with E-state index in [0.717, 1.165) is 12.1 Å². The Bertz CT molecular complexity index is 857. The third kappa shape index (κ3) is 4.26. The van der Waals surface area contributed by atoms with Crippen LogP contribution in [0, 0.1) is 11.8 Å². The van der Waals surface area contributed by atoms with Gasteiger partial charge in [-0.1, -0.05) is 37.8 Å². The van der Waals surface area contributed by atoms with Gasteiger partial charge in [-0.15, -0.1) is 0 Å². The Morgan fingerprint density at radius 2 is 1.50 bits per heavy atom. The largest absolute Gasteiger partial charge is 0.416 e. The number of rotatable bonds is 2. The zero-order chi connectivity index (χ0) is 19.7. The molecule has 1 aromatic carbocycles. The van der Waals surface area contributed by atoms with Crippen LogP contribution in [0.4, 0.5) is 24.9 Å². The highest BCUT2D eigenvalue weighted by atomic mass is 19.4. The minimum absolute atomic E-state index is 0.0427. The summed E-state index contributed by atoms with van der Waals surface area (Å²) < 4.78 is 38.1. The molecule has 0 amide bonds. The first-order chi connectivity index (χ1) is 11.9. The number of benzene rings is 1. The van der Waals surface area contributed by atoms with Crippen molar-refractivity contribution in [2.24, 2.45) is 0 Å². The number of nitrogen functional groups attached to an aromatic ring is 2. The average Bonchev–Trinajstić information content (AvgIpc) is 2.52. The first-order valence-corrected chi connectivity index (χ1v) is 8.05. The fourth-order valence-corrected chi connectivity index (χ4v) is 2.43. The standard InChI is InChI=1S/C19H21F3N4/c1-11(2)15-14(16(23)26-17(24)25-15)9-10-18(3,4)12-5-7-13(8-6-12)19(20,21)22/h5-8,11H,1-4H3,(H4,23,24,25,26). The molecule has 4 nitrogen and oxygen atoms in total. The molecule has 0 bridgehead atoms. The maximum absolute atomic E-state index is 12.7. The first kappa shape index (κ1) is 19.6. The molecular formula is C19H21F3N4. The molecule has 1 aromatic heterocycles. The molecule has 2 aromatic rings. The van der Waals surface area contributed by atoms with E-state index in [9.17, 15) is 13.2 Å². The van der Waals surface area contributed by atoms with E-state index in [-0.39, 0.29) is 17.7 Å². The molecule has 0 atom stereocenters. The number of hydrogen-bond acceptors (Lipinski definition) is 4. The second-order valence-corrected chi connectivity index (χ2v) is 6.83. The van der Waals surface area contributed by atoms with Crippen molar-refractivity contribution in [2.45, 2.75) is 45.2 Å². The summed E-state index contributed by atoms with van der Waals surface area (Å²) in [6.45, 7) is 7.53. The van der Waals surface area contributed by atoms with Gasteiger partial charge < -0.3 is 11.5 Å². The van der Waals surface area contributed by atoms with Gasteiger partial charge >= 0.3 is 6.18 Å². The Kier molecular flexibility index (Phi) is 5.17. The second kappa shape index (κ2) is 6.87. The van der Waals surface area contributed by atoms with Crippen LogP contribution in [0.25, 0.3) is 0 Å². The Hall–Kier alpha value is -2.75. The molecule has 1 heterocycles. The van der Waals surface area contributed by atoms with Gasteiger partial charge in [-0.2, -0.15) is 18.2 Å². The van der Waals surface area contributed by atoms with Crippen LogP contribution >= 0.6 is 0 Å². The van der Waals surface area contributed by atoms with Crippen molar-refractivity contribution in [1.29, 1.82) is 0 Å². The van der Waals surface area contributed by atoms with E-state index in [4.69, 9.17) is 11.5 Å². The summed E-state index contributed by atoms with van der Waals surface area (Å²) in [6, 6.07) is 4.98. The van der Waals surface area contributed by atoms with Crippen molar-refractivity contribution in [3.05, 3.63) is 46.6 Å². The lowest BCUT2D eigenvalue weighted by atomic mass is 9.84.